The van der Waals surface area contributed by atoms with Crippen LogP contribution in [0.25, 0.3) is 28.6 Å². The first-order chi connectivity index (χ1) is 23.3. The van der Waals surface area contributed by atoms with Crippen LogP contribution in [-0.4, -0.2) is 86.4 Å². The fourth-order valence-electron chi connectivity index (χ4n) is 5.88. The highest BCUT2D eigenvalue weighted by Crippen LogP contribution is 2.39. The first kappa shape index (κ1) is 33.5. The lowest BCUT2D eigenvalue weighted by Gasteiger charge is -2.32. The van der Waals surface area contributed by atoms with Crippen LogP contribution in [0.4, 0.5) is 0 Å². The highest BCUT2D eigenvalue weighted by molar-refractivity contribution is 7.91. The number of sulfone groups is 1. The number of sulfonamides is 1. The molecule has 1 saturated heterocycles. The Labute approximate surface area is 284 Å². The van der Waals surface area contributed by atoms with Gasteiger partial charge in [-0.1, -0.05) is 42.5 Å². The van der Waals surface area contributed by atoms with Crippen LogP contribution in [0, 0.1) is 11.3 Å². The molecule has 0 saturated carbocycles. The van der Waals surface area contributed by atoms with E-state index in [0.29, 0.717) is 33.8 Å². The van der Waals surface area contributed by atoms with Gasteiger partial charge < -0.3 is 4.74 Å². The maximum Gasteiger partial charge on any atom is 0.272 e. The molecule has 0 spiro atoms. The van der Waals surface area contributed by atoms with Crippen LogP contribution in [0.5, 0.6) is 5.75 Å². The summed E-state index contributed by atoms with van der Waals surface area (Å²) in [5.41, 5.74) is 2.22. The summed E-state index contributed by atoms with van der Waals surface area (Å²) in [5, 5.41) is 15.1. The van der Waals surface area contributed by atoms with E-state index >= 15 is 0 Å². The molecule has 0 N–H and O–H groups in total. The largest absolute Gasteiger partial charge is 0.497 e. The maximum atomic E-state index is 14.4. The van der Waals surface area contributed by atoms with Gasteiger partial charge in [0.1, 0.15) is 17.4 Å². The Morgan fingerprint density at radius 3 is 2.18 bits per heavy atom. The highest BCUT2D eigenvalue weighted by atomic mass is 32.2. The number of rotatable bonds is 8. The lowest BCUT2D eigenvalue weighted by atomic mass is 9.86. The van der Waals surface area contributed by atoms with Gasteiger partial charge in [-0.2, -0.15) is 10.4 Å². The molecule has 250 valence electrons. The van der Waals surface area contributed by atoms with Gasteiger partial charge >= 0.3 is 0 Å². The van der Waals surface area contributed by atoms with Gasteiger partial charge in [-0.05, 0) is 54.5 Å². The molecule has 0 aliphatic carbocycles. The summed E-state index contributed by atoms with van der Waals surface area (Å²) in [6, 6.07) is 22.9. The Hall–Kier alpha value is -5.36. The third-order valence-corrected chi connectivity index (χ3v) is 12.0. The molecule has 3 aromatic carbocycles. The quantitative estimate of drug-likeness (QED) is 0.198. The van der Waals surface area contributed by atoms with E-state index in [1.54, 1.807) is 47.3 Å². The second-order valence-corrected chi connectivity index (χ2v) is 16.1. The fourth-order valence-corrected chi connectivity index (χ4v) is 8.48. The van der Waals surface area contributed by atoms with Crippen LogP contribution in [-0.2, 0) is 29.4 Å². The van der Waals surface area contributed by atoms with Gasteiger partial charge in [-0.25, -0.2) is 25.8 Å². The Morgan fingerprint density at radius 2 is 1.61 bits per heavy atom. The number of nitrogens with zero attached hydrogens (tertiary/aromatic N) is 5. The second-order valence-electron chi connectivity index (χ2n) is 11.7. The molecule has 14 heteroatoms. The van der Waals surface area contributed by atoms with Crippen molar-refractivity contribution in [3.63, 3.8) is 0 Å². The summed E-state index contributed by atoms with van der Waals surface area (Å²) in [6.07, 6.45) is 3.28. The van der Waals surface area contributed by atoms with E-state index in [-0.39, 0.29) is 33.8 Å². The van der Waals surface area contributed by atoms with Gasteiger partial charge in [0, 0.05) is 37.0 Å². The summed E-state index contributed by atoms with van der Waals surface area (Å²) >= 11 is 0. The SMILES string of the molecule is COc1ccc(C2=C(C#N)C(=O)N(C3CCS(=O)(=O)C3)C(=O)/C2=C\c2cn(-c3ccccc3)nc2-c2ccc(S(=O)(=O)N(C)C)cc2)cc1. The van der Waals surface area contributed by atoms with E-state index in [1.165, 1.54) is 39.4 Å². The highest BCUT2D eigenvalue weighted by Gasteiger charge is 2.45. The number of benzene rings is 3. The Kier molecular flexibility index (Phi) is 8.84. The summed E-state index contributed by atoms with van der Waals surface area (Å²) in [6.45, 7) is 0. The summed E-state index contributed by atoms with van der Waals surface area (Å²) in [4.78, 5) is 29.2. The minimum Gasteiger partial charge on any atom is -0.497 e. The van der Waals surface area contributed by atoms with E-state index in [2.05, 4.69) is 0 Å². The van der Waals surface area contributed by atoms with Gasteiger partial charge in [-0.3, -0.25) is 14.5 Å². The van der Waals surface area contributed by atoms with Gasteiger partial charge in [0.2, 0.25) is 10.0 Å². The smallest absolute Gasteiger partial charge is 0.272 e. The standard InChI is InChI=1S/C35H31N5O7S2/c1-38(2)49(45,46)29-15-11-24(12-16-29)33-25(21-39(37-33)26-7-5-4-6-8-26)19-30-32(23-9-13-28(47-3)14-10-23)31(20-36)35(42)40(34(30)41)27-17-18-48(43,44)22-27/h4-16,19,21,27H,17-18,22H2,1-3H3/b30-19-. The molecule has 2 amide bonds. The fraction of sp³-hybridized carbons (Fsp3) is 0.200. The number of ether oxygens (including phenoxy) is 1. The van der Waals surface area contributed by atoms with E-state index in [4.69, 9.17) is 9.84 Å². The predicted molar refractivity (Wildman–Crippen MR) is 182 cm³/mol. The number of carbonyl (C=O) groups is 2. The first-order valence-electron chi connectivity index (χ1n) is 15.1. The predicted octanol–water partition coefficient (Wildman–Crippen LogP) is 3.71. The van der Waals surface area contributed by atoms with E-state index in [0.717, 1.165) is 9.21 Å². The van der Waals surface area contributed by atoms with Crippen LogP contribution in [0.1, 0.15) is 17.5 Å². The molecule has 3 heterocycles. The number of nitriles is 1. The van der Waals surface area contributed by atoms with Crippen molar-refractivity contribution in [3.05, 3.63) is 107 Å². The molecule has 0 radical (unpaired) electrons. The molecule has 1 unspecified atom stereocenters. The molecule has 2 aliphatic rings. The van der Waals surface area contributed by atoms with Crippen molar-refractivity contribution in [1.82, 2.24) is 19.0 Å². The molecule has 6 rings (SSSR count). The van der Waals surface area contributed by atoms with Crippen molar-refractivity contribution in [1.29, 1.82) is 5.26 Å². The zero-order valence-electron chi connectivity index (χ0n) is 26.8. The average molecular weight is 698 g/mol. The minimum atomic E-state index is -3.71. The molecular weight excluding hydrogens is 667 g/mol. The summed E-state index contributed by atoms with van der Waals surface area (Å²) in [7, 11) is -2.83. The van der Waals surface area contributed by atoms with E-state index in [9.17, 15) is 31.7 Å². The monoisotopic (exact) mass is 697 g/mol. The molecule has 0 bridgehead atoms. The number of carbonyl (C=O) groups excluding carboxylic acids is 2. The van der Waals surface area contributed by atoms with Gasteiger partial charge in [0.15, 0.2) is 9.84 Å². The van der Waals surface area contributed by atoms with Crippen molar-refractivity contribution in [3.8, 4) is 28.8 Å². The number of hydrogen-bond donors (Lipinski definition) is 0. The number of imide groups is 1. The molecule has 12 nitrogen and oxygen atoms in total. The van der Waals surface area contributed by atoms with Crippen LogP contribution in [0.3, 0.4) is 0 Å². The van der Waals surface area contributed by atoms with Crippen molar-refractivity contribution in [2.75, 3.05) is 32.7 Å². The van der Waals surface area contributed by atoms with Crippen LogP contribution in [0.15, 0.2) is 101 Å². The Morgan fingerprint density at radius 1 is 0.959 bits per heavy atom. The third kappa shape index (κ3) is 6.31. The molecule has 1 fully saturated rings. The Bertz CT molecular complexity index is 2290. The van der Waals surface area contributed by atoms with Crippen LogP contribution >= 0.6 is 0 Å². The Balaban J connectivity index is 1.58. The zero-order valence-corrected chi connectivity index (χ0v) is 28.4. The van der Waals surface area contributed by atoms with E-state index in [1.807, 2.05) is 36.4 Å². The zero-order chi connectivity index (χ0) is 35.1. The van der Waals surface area contributed by atoms with Gasteiger partial charge in [-0.15, -0.1) is 0 Å². The molecule has 49 heavy (non-hydrogen) atoms. The van der Waals surface area contributed by atoms with Crippen LogP contribution < -0.4 is 4.74 Å². The summed E-state index contributed by atoms with van der Waals surface area (Å²) in [5.74, 6) is -1.67. The topological polar surface area (TPSA) is 160 Å². The van der Waals surface area contributed by atoms with E-state index < -0.39 is 43.5 Å². The second kappa shape index (κ2) is 12.9. The maximum absolute atomic E-state index is 14.4. The number of aromatic nitrogens is 2. The molecule has 4 aromatic rings. The first-order valence-corrected chi connectivity index (χ1v) is 18.4. The molecule has 1 aromatic heterocycles. The molecular formula is C35H31N5O7S2. The normalized spacial score (nSPS) is 18.7. The van der Waals surface area contributed by atoms with Crippen molar-refractivity contribution in [2.24, 2.45) is 0 Å². The van der Waals surface area contributed by atoms with Crippen molar-refractivity contribution < 1.29 is 31.2 Å². The number of hydrogen-bond acceptors (Lipinski definition) is 9. The molecule has 1 atom stereocenters. The lowest BCUT2D eigenvalue weighted by Crippen LogP contribution is -2.49. The van der Waals surface area contributed by atoms with Gasteiger partial charge in [0.05, 0.1) is 46.5 Å². The van der Waals surface area contributed by atoms with Crippen molar-refractivity contribution >= 4 is 43.3 Å². The third-order valence-electron chi connectivity index (χ3n) is 8.43. The summed E-state index contributed by atoms with van der Waals surface area (Å²) < 4.78 is 58.4. The number of amides is 2. The van der Waals surface area contributed by atoms with Crippen molar-refractivity contribution in [2.45, 2.75) is 17.4 Å². The minimum absolute atomic E-state index is 0.00807. The lowest BCUT2D eigenvalue weighted by molar-refractivity contribution is -0.142. The number of methoxy groups -OCH3 is 1. The average Bonchev–Trinajstić information content (AvgIpc) is 3.68. The van der Waals surface area contributed by atoms with Gasteiger partial charge in [0.25, 0.3) is 11.8 Å². The number of para-hydroxylation sites is 1. The molecule has 2 aliphatic heterocycles. The van der Waals surface area contributed by atoms with Crippen LogP contribution in [0.2, 0.25) is 0 Å².